The number of fused-ring (bicyclic) bond motifs is 1. The van der Waals surface area contributed by atoms with Crippen LogP contribution in [0.15, 0.2) is 65.2 Å². The predicted molar refractivity (Wildman–Crippen MR) is 121 cm³/mol. The van der Waals surface area contributed by atoms with E-state index in [9.17, 15) is 4.79 Å². The number of aromatic nitrogens is 3. The molecule has 0 fully saturated rings. The number of rotatable bonds is 11. The van der Waals surface area contributed by atoms with Crippen molar-refractivity contribution in [2.45, 2.75) is 44.9 Å². The van der Waals surface area contributed by atoms with Gasteiger partial charge in [0.25, 0.3) is 0 Å². The number of aromatic amines is 1. The molecule has 0 aliphatic rings. The van der Waals surface area contributed by atoms with Gasteiger partial charge < -0.3 is 14.7 Å². The van der Waals surface area contributed by atoms with Crippen LogP contribution in [0.1, 0.15) is 42.2 Å². The number of hydrogen-bond acceptors (Lipinski definition) is 4. The molecule has 0 aliphatic carbocycles. The van der Waals surface area contributed by atoms with Gasteiger partial charge in [0.15, 0.2) is 0 Å². The molecule has 2 aromatic heterocycles. The minimum atomic E-state index is 0.00227. The van der Waals surface area contributed by atoms with Gasteiger partial charge in [-0.05, 0) is 42.9 Å². The van der Waals surface area contributed by atoms with Crippen LogP contribution in [0, 0.1) is 0 Å². The summed E-state index contributed by atoms with van der Waals surface area (Å²) in [6, 6.07) is 18.7. The van der Waals surface area contributed by atoms with Crippen molar-refractivity contribution in [2.24, 2.45) is 0 Å². The van der Waals surface area contributed by atoms with E-state index in [0.29, 0.717) is 31.2 Å². The summed E-state index contributed by atoms with van der Waals surface area (Å²) in [5, 5.41) is 12.4. The smallest absolute Gasteiger partial charge is 0.220 e. The number of aryl methyl sites for hydroxylation is 3. The molecule has 1 amide bonds. The molecule has 0 saturated heterocycles. The summed E-state index contributed by atoms with van der Waals surface area (Å²) >= 11 is 0. The number of H-pyrrole nitrogens is 1. The number of para-hydroxylation sites is 1. The first kappa shape index (κ1) is 20.8. The molecule has 2 N–H and O–H groups in total. The van der Waals surface area contributed by atoms with Gasteiger partial charge in [-0.25, -0.2) is 0 Å². The Morgan fingerprint density at radius 1 is 0.871 bits per heavy atom. The molecule has 0 radical (unpaired) electrons. The predicted octanol–water partition coefficient (Wildman–Crippen LogP) is 4.41. The third-order valence-corrected chi connectivity index (χ3v) is 5.41. The average molecular weight is 417 g/mol. The molecule has 2 heterocycles. The molecule has 160 valence electrons. The van der Waals surface area contributed by atoms with E-state index >= 15 is 0 Å². The van der Waals surface area contributed by atoms with Crippen LogP contribution in [0.25, 0.3) is 10.9 Å². The van der Waals surface area contributed by atoms with Gasteiger partial charge in [0, 0.05) is 42.9 Å². The van der Waals surface area contributed by atoms with E-state index in [1.54, 1.807) is 0 Å². The second-order valence-corrected chi connectivity index (χ2v) is 7.74. The van der Waals surface area contributed by atoms with E-state index in [1.165, 1.54) is 16.5 Å². The van der Waals surface area contributed by atoms with Gasteiger partial charge in [-0.15, -0.1) is 10.2 Å². The van der Waals surface area contributed by atoms with Gasteiger partial charge >= 0.3 is 0 Å². The molecular weight excluding hydrogens is 388 g/mol. The normalized spacial score (nSPS) is 11.1. The van der Waals surface area contributed by atoms with Crippen LogP contribution < -0.4 is 5.32 Å². The molecule has 0 saturated carbocycles. The second-order valence-electron chi connectivity index (χ2n) is 7.74. The highest BCUT2D eigenvalue weighted by Gasteiger charge is 2.09. The minimum absolute atomic E-state index is 0.00227. The van der Waals surface area contributed by atoms with E-state index in [-0.39, 0.29) is 5.91 Å². The van der Waals surface area contributed by atoms with Gasteiger partial charge in [-0.2, -0.15) is 0 Å². The summed E-state index contributed by atoms with van der Waals surface area (Å²) in [6.07, 6.45) is 7.54. The first-order valence-corrected chi connectivity index (χ1v) is 10.9. The SMILES string of the molecule is O=C(CCc1nnc(CCCCc2ccccc2)o1)NCCc1c[nH]c2ccccc12. The Hall–Kier alpha value is -3.41. The van der Waals surface area contributed by atoms with E-state index in [0.717, 1.165) is 37.6 Å². The lowest BCUT2D eigenvalue weighted by atomic mass is 10.1. The monoisotopic (exact) mass is 416 g/mol. The van der Waals surface area contributed by atoms with Gasteiger partial charge in [-0.3, -0.25) is 4.79 Å². The third kappa shape index (κ3) is 6.04. The van der Waals surface area contributed by atoms with Crippen molar-refractivity contribution in [3.63, 3.8) is 0 Å². The fourth-order valence-electron chi connectivity index (χ4n) is 3.72. The summed E-state index contributed by atoms with van der Waals surface area (Å²) < 4.78 is 5.69. The first-order chi connectivity index (χ1) is 15.3. The molecule has 6 heteroatoms. The number of carbonyl (C=O) groups excluding carboxylic acids is 1. The maximum Gasteiger partial charge on any atom is 0.220 e. The van der Waals surface area contributed by atoms with Crippen LogP contribution in [0.5, 0.6) is 0 Å². The van der Waals surface area contributed by atoms with E-state index in [1.807, 2.05) is 24.4 Å². The summed E-state index contributed by atoms with van der Waals surface area (Å²) in [6.45, 7) is 0.608. The zero-order valence-corrected chi connectivity index (χ0v) is 17.6. The Kier molecular flexibility index (Phi) is 7.11. The summed E-state index contributed by atoms with van der Waals surface area (Å²) in [5.74, 6) is 1.19. The third-order valence-electron chi connectivity index (χ3n) is 5.41. The number of nitrogens with zero attached hydrogens (tertiary/aromatic N) is 2. The quantitative estimate of drug-likeness (QED) is 0.355. The van der Waals surface area contributed by atoms with Crippen molar-refractivity contribution >= 4 is 16.8 Å². The molecule has 31 heavy (non-hydrogen) atoms. The number of hydrogen-bond donors (Lipinski definition) is 2. The number of unbranched alkanes of at least 4 members (excludes halogenated alkanes) is 1. The molecule has 4 rings (SSSR count). The summed E-state index contributed by atoms with van der Waals surface area (Å²) in [7, 11) is 0. The highest BCUT2D eigenvalue weighted by molar-refractivity contribution is 5.83. The molecular formula is C25H28N4O2. The largest absolute Gasteiger partial charge is 0.425 e. The first-order valence-electron chi connectivity index (χ1n) is 10.9. The van der Waals surface area contributed by atoms with Crippen LogP contribution >= 0.6 is 0 Å². The van der Waals surface area contributed by atoms with Crippen molar-refractivity contribution in [3.8, 4) is 0 Å². The Labute approximate surface area is 182 Å². The number of nitrogens with one attached hydrogen (secondary N) is 2. The summed E-state index contributed by atoms with van der Waals surface area (Å²) in [5.41, 5.74) is 3.69. The Bertz CT molecular complexity index is 1100. The number of benzene rings is 2. The van der Waals surface area contributed by atoms with Crippen LogP contribution in [-0.4, -0.2) is 27.6 Å². The van der Waals surface area contributed by atoms with Gasteiger partial charge in [0.05, 0.1) is 0 Å². The molecule has 0 aliphatic heterocycles. The highest BCUT2D eigenvalue weighted by atomic mass is 16.4. The van der Waals surface area contributed by atoms with Crippen LogP contribution in [0.3, 0.4) is 0 Å². The van der Waals surface area contributed by atoms with Crippen molar-refractivity contribution in [3.05, 3.63) is 83.7 Å². The second kappa shape index (κ2) is 10.6. The molecule has 6 nitrogen and oxygen atoms in total. The number of amides is 1. The lowest BCUT2D eigenvalue weighted by Crippen LogP contribution is -2.25. The van der Waals surface area contributed by atoms with Gasteiger partial charge in [0.1, 0.15) is 0 Å². The minimum Gasteiger partial charge on any atom is -0.425 e. The molecule has 0 atom stereocenters. The zero-order chi connectivity index (χ0) is 21.3. The molecule has 0 spiro atoms. The van der Waals surface area contributed by atoms with Crippen molar-refractivity contribution in [1.82, 2.24) is 20.5 Å². The van der Waals surface area contributed by atoms with Gasteiger partial charge in [-0.1, -0.05) is 48.5 Å². The highest BCUT2D eigenvalue weighted by Crippen LogP contribution is 2.17. The zero-order valence-electron chi connectivity index (χ0n) is 17.6. The maximum absolute atomic E-state index is 12.2. The van der Waals surface area contributed by atoms with Gasteiger partial charge in [0.2, 0.25) is 17.7 Å². The van der Waals surface area contributed by atoms with E-state index in [4.69, 9.17) is 4.42 Å². The van der Waals surface area contributed by atoms with E-state index < -0.39 is 0 Å². The fourth-order valence-corrected chi connectivity index (χ4v) is 3.72. The van der Waals surface area contributed by atoms with Crippen molar-refractivity contribution < 1.29 is 9.21 Å². The standard InChI is InChI=1S/C25H28N4O2/c30-23(26-17-16-20-18-27-22-12-6-5-11-21(20)22)14-15-25-29-28-24(31-25)13-7-4-10-19-8-2-1-3-9-19/h1-3,5-6,8-9,11-12,18,27H,4,7,10,13-17H2,(H,26,30). The molecule has 0 bridgehead atoms. The average Bonchev–Trinajstić information content (AvgIpc) is 3.43. The number of carbonyl (C=O) groups is 1. The van der Waals surface area contributed by atoms with Crippen LogP contribution in [0.4, 0.5) is 0 Å². The Morgan fingerprint density at radius 2 is 1.61 bits per heavy atom. The fraction of sp³-hybridized carbons (Fsp3) is 0.320. The van der Waals surface area contributed by atoms with Crippen molar-refractivity contribution in [1.29, 1.82) is 0 Å². The molecule has 0 unspecified atom stereocenters. The Morgan fingerprint density at radius 3 is 2.48 bits per heavy atom. The Balaban J connectivity index is 1.12. The topological polar surface area (TPSA) is 83.8 Å². The van der Waals surface area contributed by atoms with Crippen LogP contribution in [0.2, 0.25) is 0 Å². The maximum atomic E-state index is 12.2. The summed E-state index contributed by atoms with van der Waals surface area (Å²) in [4.78, 5) is 15.4. The van der Waals surface area contributed by atoms with Crippen LogP contribution in [-0.2, 0) is 30.5 Å². The lowest BCUT2D eigenvalue weighted by Gasteiger charge is -2.04. The molecule has 2 aromatic carbocycles. The van der Waals surface area contributed by atoms with Crippen molar-refractivity contribution in [2.75, 3.05) is 6.54 Å². The van der Waals surface area contributed by atoms with E-state index in [2.05, 4.69) is 56.9 Å². The lowest BCUT2D eigenvalue weighted by molar-refractivity contribution is -0.121. The molecule has 4 aromatic rings.